The van der Waals surface area contributed by atoms with Gasteiger partial charge in [0, 0.05) is 31.7 Å². The fourth-order valence-electron chi connectivity index (χ4n) is 3.08. The van der Waals surface area contributed by atoms with Gasteiger partial charge in [0.25, 0.3) is 0 Å². The van der Waals surface area contributed by atoms with Crippen molar-refractivity contribution in [2.24, 2.45) is 0 Å². The van der Waals surface area contributed by atoms with Gasteiger partial charge < -0.3 is 10.2 Å². The molecule has 1 aliphatic heterocycles. The van der Waals surface area contributed by atoms with E-state index in [0.717, 1.165) is 37.2 Å². The average molecular weight is 327 g/mol. The van der Waals surface area contributed by atoms with E-state index in [1.807, 2.05) is 23.1 Å². The second-order valence-corrected chi connectivity index (χ2v) is 6.13. The molecule has 0 spiro atoms. The van der Waals surface area contributed by atoms with Crippen molar-refractivity contribution in [3.63, 3.8) is 0 Å². The Morgan fingerprint density at radius 1 is 1.21 bits per heavy atom. The first-order valence-corrected chi connectivity index (χ1v) is 8.37. The lowest BCUT2D eigenvalue weighted by Crippen LogP contribution is -2.34. The minimum atomic E-state index is -0.248. The van der Waals surface area contributed by atoms with Gasteiger partial charge >= 0.3 is 0 Å². The summed E-state index contributed by atoms with van der Waals surface area (Å²) in [6.07, 6.45) is 4.20. The number of nitrogens with zero attached hydrogens (tertiary/aromatic N) is 2. The SMILES string of the molecule is O=C1CCC(CCNCc2ccccn2)N1Cc1ccc(F)cc1. The Morgan fingerprint density at radius 2 is 2.04 bits per heavy atom. The summed E-state index contributed by atoms with van der Waals surface area (Å²) in [6.45, 7) is 2.14. The number of rotatable bonds is 7. The van der Waals surface area contributed by atoms with E-state index >= 15 is 0 Å². The average Bonchev–Trinajstić information content (AvgIpc) is 2.95. The molecule has 2 aromatic rings. The molecule has 126 valence electrons. The van der Waals surface area contributed by atoms with Crippen molar-refractivity contribution >= 4 is 5.91 Å². The molecule has 1 atom stereocenters. The lowest BCUT2D eigenvalue weighted by atomic mass is 10.1. The van der Waals surface area contributed by atoms with E-state index in [-0.39, 0.29) is 17.8 Å². The van der Waals surface area contributed by atoms with E-state index < -0.39 is 0 Å². The Labute approximate surface area is 141 Å². The van der Waals surface area contributed by atoms with Crippen LogP contribution in [0.5, 0.6) is 0 Å². The van der Waals surface area contributed by atoms with Crippen LogP contribution in [0.3, 0.4) is 0 Å². The van der Waals surface area contributed by atoms with Gasteiger partial charge in [0.15, 0.2) is 0 Å². The monoisotopic (exact) mass is 327 g/mol. The van der Waals surface area contributed by atoms with Gasteiger partial charge in [0.05, 0.1) is 5.69 Å². The van der Waals surface area contributed by atoms with E-state index in [0.29, 0.717) is 13.0 Å². The van der Waals surface area contributed by atoms with Crippen LogP contribution in [-0.4, -0.2) is 28.4 Å². The molecule has 4 nitrogen and oxygen atoms in total. The molecule has 0 radical (unpaired) electrons. The van der Waals surface area contributed by atoms with E-state index in [2.05, 4.69) is 10.3 Å². The molecule has 1 N–H and O–H groups in total. The normalized spacial score (nSPS) is 17.5. The molecular formula is C19H22FN3O. The number of hydrogen-bond acceptors (Lipinski definition) is 3. The number of likely N-dealkylation sites (tertiary alicyclic amines) is 1. The summed E-state index contributed by atoms with van der Waals surface area (Å²) >= 11 is 0. The highest BCUT2D eigenvalue weighted by molar-refractivity contribution is 5.78. The topological polar surface area (TPSA) is 45.2 Å². The zero-order valence-electron chi connectivity index (χ0n) is 13.6. The molecule has 1 unspecified atom stereocenters. The van der Waals surface area contributed by atoms with Gasteiger partial charge in [0.2, 0.25) is 5.91 Å². The van der Waals surface area contributed by atoms with Crippen LogP contribution in [0.2, 0.25) is 0 Å². The van der Waals surface area contributed by atoms with Gasteiger partial charge in [-0.15, -0.1) is 0 Å². The second-order valence-electron chi connectivity index (χ2n) is 6.13. The van der Waals surface area contributed by atoms with Crippen LogP contribution in [0.25, 0.3) is 0 Å². The summed E-state index contributed by atoms with van der Waals surface area (Å²) in [5.74, 6) is -0.0594. The van der Waals surface area contributed by atoms with Crippen molar-refractivity contribution in [3.05, 3.63) is 65.7 Å². The van der Waals surface area contributed by atoms with Crippen molar-refractivity contribution in [1.29, 1.82) is 0 Å². The third kappa shape index (κ3) is 4.38. The van der Waals surface area contributed by atoms with E-state index in [1.165, 1.54) is 12.1 Å². The smallest absolute Gasteiger partial charge is 0.223 e. The van der Waals surface area contributed by atoms with Crippen molar-refractivity contribution < 1.29 is 9.18 Å². The van der Waals surface area contributed by atoms with Crippen LogP contribution in [0, 0.1) is 5.82 Å². The molecule has 5 heteroatoms. The molecule has 0 bridgehead atoms. The number of aromatic nitrogens is 1. The number of benzene rings is 1. The summed E-state index contributed by atoms with van der Waals surface area (Å²) in [4.78, 5) is 18.3. The fourth-order valence-corrected chi connectivity index (χ4v) is 3.08. The Bertz CT molecular complexity index is 660. The van der Waals surface area contributed by atoms with Crippen LogP contribution in [-0.2, 0) is 17.9 Å². The molecule has 0 aliphatic carbocycles. The van der Waals surface area contributed by atoms with Crippen molar-refractivity contribution in [2.45, 2.75) is 38.4 Å². The Morgan fingerprint density at radius 3 is 2.79 bits per heavy atom. The van der Waals surface area contributed by atoms with Crippen LogP contribution in [0.1, 0.15) is 30.5 Å². The largest absolute Gasteiger partial charge is 0.335 e. The predicted molar refractivity (Wildman–Crippen MR) is 90.5 cm³/mol. The second kappa shape index (κ2) is 8.02. The Hall–Kier alpha value is -2.27. The molecule has 0 saturated carbocycles. The quantitative estimate of drug-likeness (QED) is 0.795. The summed E-state index contributed by atoms with van der Waals surface area (Å²) < 4.78 is 13.0. The maximum Gasteiger partial charge on any atom is 0.223 e. The summed E-state index contributed by atoms with van der Waals surface area (Å²) in [7, 11) is 0. The highest BCUT2D eigenvalue weighted by Gasteiger charge is 2.30. The number of carbonyl (C=O) groups excluding carboxylic acids is 1. The number of amides is 1. The number of pyridine rings is 1. The molecule has 3 rings (SSSR count). The van der Waals surface area contributed by atoms with Crippen LogP contribution in [0.15, 0.2) is 48.7 Å². The Balaban J connectivity index is 1.48. The maximum atomic E-state index is 13.0. The number of hydrogen-bond donors (Lipinski definition) is 1. The van der Waals surface area contributed by atoms with E-state index in [9.17, 15) is 9.18 Å². The summed E-state index contributed by atoms with van der Waals surface area (Å²) in [6, 6.07) is 12.5. The molecule has 1 amide bonds. The molecule has 2 heterocycles. The zero-order valence-corrected chi connectivity index (χ0v) is 13.6. The minimum Gasteiger partial charge on any atom is -0.335 e. The highest BCUT2D eigenvalue weighted by atomic mass is 19.1. The predicted octanol–water partition coefficient (Wildman–Crippen LogP) is 2.89. The first kappa shape index (κ1) is 16.6. The van der Waals surface area contributed by atoms with Crippen LogP contribution >= 0.6 is 0 Å². The molecular weight excluding hydrogens is 305 g/mol. The molecule has 1 aromatic carbocycles. The highest BCUT2D eigenvalue weighted by Crippen LogP contribution is 2.23. The van der Waals surface area contributed by atoms with E-state index in [4.69, 9.17) is 0 Å². The maximum absolute atomic E-state index is 13.0. The number of halogens is 1. The van der Waals surface area contributed by atoms with Gasteiger partial charge in [-0.2, -0.15) is 0 Å². The van der Waals surface area contributed by atoms with Gasteiger partial charge in [-0.3, -0.25) is 9.78 Å². The van der Waals surface area contributed by atoms with Gasteiger partial charge in [0.1, 0.15) is 5.82 Å². The van der Waals surface area contributed by atoms with Gasteiger partial charge in [-0.25, -0.2) is 4.39 Å². The van der Waals surface area contributed by atoms with Gasteiger partial charge in [-0.05, 0) is 49.2 Å². The lowest BCUT2D eigenvalue weighted by Gasteiger charge is -2.25. The molecule has 24 heavy (non-hydrogen) atoms. The fraction of sp³-hybridized carbons (Fsp3) is 0.368. The number of carbonyl (C=O) groups is 1. The van der Waals surface area contributed by atoms with Crippen LogP contribution in [0.4, 0.5) is 4.39 Å². The van der Waals surface area contributed by atoms with E-state index in [1.54, 1.807) is 18.3 Å². The molecule has 1 aliphatic rings. The van der Waals surface area contributed by atoms with Gasteiger partial charge in [-0.1, -0.05) is 18.2 Å². The zero-order chi connectivity index (χ0) is 16.8. The van der Waals surface area contributed by atoms with Crippen molar-refractivity contribution in [3.8, 4) is 0 Å². The first-order valence-electron chi connectivity index (χ1n) is 8.37. The molecule has 1 fully saturated rings. The lowest BCUT2D eigenvalue weighted by molar-refractivity contribution is -0.129. The minimum absolute atomic E-state index is 0.189. The Kier molecular flexibility index (Phi) is 5.54. The van der Waals surface area contributed by atoms with Crippen LogP contribution < -0.4 is 5.32 Å². The summed E-state index contributed by atoms with van der Waals surface area (Å²) in [5.41, 5.74) is 1.99. The number of nitrogens with one attached hydrogen (secondary N) is 1. The third-order valence-electron chi connectivity index (χ3n) is 4.41. The van der Waals surface area contributed by atoms with Crippen molar-refractivity contribution in [1.82, 2.24) is 15.2 Å². The third-order valence-corrected chi connectivity index (χ3v) is 4.41. The standard InChI is InChI=1S/C19H22FN3O/c20-16-6-4-15(5-7-16)14-23-18(8-9-19(23)24)10-12-21-13-17-3-1-2-11-22-17/h1-7,11,18,21H,8-10,12-14H2. The summed E-state index contributed by atoms with van der Waals surface area (Å²) in [5, 5.41) is 3.39. The molecule has 1 aromatic heterocycles. The van der Waals surface area contributed by atoms with Crippen molar-refractivity contribution in [2.75, 3.05) is 6.54 Å². The molecule has 1 saturated heterocycles. The first-order chi connectivity index (χ1) is 11.7.